The highest BCUT2D eigenvalue weighted by Gasteiger charge is 2.10. The minimum atomic E-state index is -0.234. The zero-order valence-corrected chi connectivity index (χ0v) is 12.4. The van der Waals surface area contributed by atoms with E-state index in [1.54, 1.807) is 11.3 Å². The van der Waals surface area contributed by atoms with Gasteiger partial charge in [0.1, 0.15) is 0 Å². The molecule has 0 radical (unpaired) electrons. The summed E-state index contributed by atoms with van der Waals surface area (Å²) in [5, 5.41) is 14.2. The van der Waals surface area contributed by atoms with Crippen molar-refractivity contribution in [3.8, 4) is 0 Å². The van der Waals surface area contributed by atoms with E-state index in [1.165, 1.54) is 4.70 Å². The molecule has 2 atom stereocenters. The topological polar surface area (TPSA) is 45.1 Å². The number of rotatable bonds is 7. The Bertz CT molecular complexity index is 479. The van der Waals surface area contributed by atoms with Gasteiger partial charge in [-0.25, -0.2) is 4.98 Å². The van der Waals surface area contributed by atoms with E-state index in [0.29, 0.717) is 12.6 Å². The van der Waals surface area contributed by atoms with Gasteiger partial charge in [-0.2, -0.15) is 0 Å². The van der Waals surface area contributed by atoms with E-state index in [9.17, 15) is 5.11 Å². The van der Waals surface area contributed by atoms with E-state index in [2.05, 4.69) is 36.3 Å². The Morgan fingerprint density at radius 2 is 2.16 bits per heavy atom. The molecule has 1 heterocycles. The van der Waals surface area contributed by atoms with Crippen LogP contribution in [0.5, 0.6) is 0 Å². The Kier molecular flexibility index (Phi) is 5.31. The van der Waals surface area contributed by atoms with Crippen LogP contribution in [0.3, 0.4) is 0 Å². The van der Waals surface area contributed by atoms with Crippen molar-refractivity contribution in [3.63, 3.8) is 0 Å². The molecule has 104 valence electrons. The van der Waals surface area contributed by atoms with Gasteiger partial charge < -0.3 is 10.4 Å². The first-order valence-corrected chi connectivity index (χ1v) is 7.76. The monoisotopic (exact) mass is 278 g/mol. The third kappa shape index (κ3) is 4.27. The maximum atomic E-state index is 9.70. The smallest absolute Gasteiger partial charge is 0.0954 e. The van der Waals surface area contributed by atoms with Gasteiger partial charge in [-0.1, -0.05) is 25.5 Å². The SMILES string of the molecule is CCCC(O)CNC(C)Cc1nc2ccccc2s1. The zero-order chi connectivity index (χ0) is 13.7. The van der Waals surface area contributed by atoms with Crippen LogP contribution in [-0.2, 0) is 6.42 Å². The largest absolute Gasteiger partial charge is 0.392 e. The Hall–Kier alpha value is -0.970. The predicted molar refractivity (Wildman–Crippen MR) is 81.7 cm³/mol. The second-order valence-electron chi connectivity index (χ2n) is 5.03. The molecule has 0 aliphatic rings. The van der Waals surface area contributed by atoms with Crippen LogP contribution in [0.25, 0.3) is 10.2 Å². The highest BCUT2D eigenvalue weighted by molar-refractivity contribution is 7.18. The molecule has 0 saturated heterocycles. The molecule has 0 fully saturated rings. The van der Waals surface area contributed by atoms with E-state index >= 15 is 0 Å². The molecule has 0 amide bonds. The van der Waals surface area contributed by atoms with Crippen LogP contribution in [0.4, 0.5) is 0 Å². The molecular weight excluding hydrogens is 256 g/mol. The van der Waals surface area contributed by atoms with Crippen LogP contribution in [0.1, 0.15) is 31.7 Å². The molecule has 1 aromatic heterocycles. The van der Waals surface area contributed by atoms with Crippen LogP contribution < -0.4 is 5.32 Å². The maximum Gasteiger partial charge on any atom is 0.0954 e. The highest BCUT2D eigenvalue weighted by atomic mass is 32.1. The Balaban J connectivity index is 1.86. The summed E-state index contributed by atoms with van der Waals surface area (Å²) in [6.45, 7) is 4.90. The molecule has 2 N–H and O–H groups in total. The highest BCUT2D eigenvalue weighted by Crippen LogP contribution is 2.22. The van der Waals surface area contributed by atoms with Crippen LogP contribution >= 0.6 is 11.3 Å². The van der Waals surface area contributed by atoms with Gasteiger partial charge >= 0.3 is 0 Å². The lowest BCUT2D eigenvalue weighted by molar-refractivity contribution is 0.157. The molecule has 1 aromatic carbocycles. The van der Waals surface area contributed by atoms with Crippen molar-refractivity contribution in [2.45, 2.75) is 45.3 Å². The third-order valence-corrected chi connectivity index (χ3v) is 4.20. The summed E-state index contributed by atoms with van der Waals surface area (Å²) in [6, 6.07) is 8.58. The lowest BCUT2D eigenvalue weighted by Gasteiger charge is -2.15. The summed E-state index contributed by atoms with van der Waals surface area (Å²) in [5.74, 6) is 0. The normalized spacial score (nSPS) is 14.7. The first-order valence-electron chi connectivity index (χ1n) is 6.95. The van der Waals surface area contributed by atoms with Crippen molar-refractivity contribution in [1.29, 1.82) is 0 Å². The van der Waals surface area contributed by atoms with Gasteiger partial charge in [0, 0.05) is 19.0 Å². The van der Waals surface area contributed by atoms with Crippen molar-refractivity contribution >= 4 is 21.6 Å². The third-order valence-electron chi connectivity index (χ3n) is 3.14. The molecule has 0 bridgehead atoms. The van der Waals surface area contributed by atoms with E-state index < -0.39 is 0 Å². The molecule has 0 aliphatic carbocycles. The van der Waals surface area contributed by atoms with Crippen LogP contribution in [0, 0.1) is 0 Å². The minimum absolute atomic E-state index is 0.234. The molecular formula is C15H22N2OS. The Morgan fingerprint density at radius 3 is 2.89 bits per heavy atom. The van der Waals surface area contributed by atoms with Crippen LogP contribution in [0.15, 0.2) is 24.3 Å². The average molecular weight is 278 g/mol. The van der Waals surface area contributed by atoms with E-state index in [-0.39, 0.29) is 6.10 Å². The van der Waals surface area contributed by atoms with Gasteiger partial charge in [0.25, 0.3) is 0 Å². The molecule has 3 nitrogen and oxygen atoms in total. The number of hydrogen-bond acceptors (Lipinski definition) is 4. The van der Waals surface area contributed by atoms with Gasteiger partial charge in [-0.15, -0.1) is 11.3 Å². The lowest BCUT2D eigenvalue weighted by atomic mass is 10.2. The minimum Gasteiger partial charge on any atom is -0.392 e. The molecule has 19 heavy (non-hydrogen) atoms. The predicted octanol–water partition coefficient (Wildman–Crippen LogP) is 2.98. The molecule has 2 unspecified atom stereocenters. The van der Waals surface area contributed by atoms with Gasteiger partial charge in [0.2, 0.25) is 0 Å². The van der Waals surface area contributed by atoms with Gasteiger partial charge in [0.15, 0.2) is 0 Å². The Labute approximate surface area is 118 Å². The summed E-state index contributed by atoms with van der Waals surface area (Å²) in [5.41, 5.74) is 1.08. The molecule has 0 aliphatic heterocycles. The van der Waals surface area contributed by atoms with Crippen molar-refractivity contribution in [2.75, 3.05) is 6.54 Å². The van der Waals surface area contributed by atoms with Crippen molar-refractivity contribution < 1.29 is 5.11 Å². The summed E-state index contributed by atoms with van der Waals surface area (Å²) in [7, 11) is 0. The second-order valence-corrected chi connectivity index (χ2v) is 6.15. The number of thiazole rings is 1. The number of fused-ring (bicyclic) bond motifs is 1. The fourth-order valence-electron chi connectivity index (χ4n) is 2.11. The van der Waals surface area contributed by atoms with Crippen LogP contribution in [-0.4, -0.2) is 28.8 Å². The fraction of sp³-hybridized carbons (Fsp3) is 0.533. The summed E-state index contributed by atoms with van der Waals surface area (Å²) >= 11 is 1.76. The van der Waals surface area contributed by atoms with E-state index in [0.717, 1.165) is 29.8 Å². The average Bonchev–Trinajstić information content (AvgIpc) is 2.78. The van der Waals surface area contributed by atoms with Crippen molar-refractivity contribution in [2.24, 2.45) is 0 Å². The van der Waals surface area contributed by atoms with E-state index in [1.807, 2.05) is 12.1 Å². The number of nitrogens with zero attached hydrogens (tertiary/aromatic N) is 1. The summed E-state index contributed by atoms with van der Waals surface area (Å²) in [6.07, 6.45) is 2.57. The number of aromatic nitrogens is 1. The van der Waals surface area contributed by atoms with Crippen molar-refractivity contribution in [1.82, 2.24) is 10.3 Å². The standard InChI is InChI=1S/C15H22N2OS/c1-3-6-12(18)10-16-11(2)9-15-17-13-7-4-5-8-14(13)19-15/h4-5,7-8,11-12,16,18H,3,6,9-10H2,1-2H3. The van der Waals surface area contributed by atoms with Gasteiger partial charge in [0.05, 0.1) is 21.3 Å². The zero-order valence-electron chi connectivity index (χ0n) is 11.6. The number of nitrogens with one attached hydrogen (secondary N) is 1. The quantitative estimate of drug-likeness (QED) is 0.818. The first kappa shape index (κ1) is 14.4. The maximum absolute atomic E-state index is 9.70. The molecule has 2 rings (SSSR count). The van der Waals surface area contributed by atoms with Gasteiger partial charge in [-0.05, 0) is 25.5 Å². The second kappa shape index (κ2) is 6.98. The fourth-order valence-corrected chi connectivity index (χ4v) is 3.21. The Morgan fingerprint density at radius 1 is 1.37 bits per heavy atom. The molecule has 4 heteroatoms. The van der Waals surface area contributed by atoms with Gasteiger partial charge in [-0.3, -0.25) is 0 Å². The molecule has 0 saturated carbocycles. The molecule has 2 aromatic rings. The number of aliphatic hydroxyl groups is 1. The molecule has 0 spiro atoms. The summed E-state index contributed by atoms with van der Waals surface area (Å²) in [4.78, 5) is 4.63. The lowest BCUT2D eigenvalue weighted by Crippen LogP contribution is -2.34. The number of aliphatic hydroxyl groups excluding tert-OH is 1. The van der Waals surface area contributed by atoms with Crippen LogP contribution in [0.2, 0.25) is 0 Å². The van der Waals surface area contributed by atoms with E-state index in [4.69, 9.17) is 0 Å². The summed E-state index contributed by atoms with van der Waals surface area (Å²) < 4.78 is 1.25. The number of hydrogen-bond donors (Lipinski definition) is 2. The first-order chi connectivity index (χ1) is 9.19. The van der Waals surface area contributed by atoms with Crippen molar-refractivity contribution in [3.05, 3.63) is 29.3 Å². The number of benzene rings is 1. The number of para-hydroxylation sites is 1.